The topological polar surface area (TPSA) is 255 Å². The van der Waals surface area contributed by atoms with Gasteiger partial charge in [0.2, 0.25) is 0 Å². The van der Waals surface area contributed by atoms with Crippen LogP contribution in [0.15, 0.2) is 167 Å². The first kappa shape index (κ1) is 106. The first-order valence-electron chi connectivity index (χ1n) is 49.1. The molecule has 10 heterocycles. The van der Waals surface area contributed by atoms with E-state index in [1.165, 1.54) is 71.9 Å². The summed E-state index contributed by atoms with van der Waals surface area (Å²) in [5.74, 6) is -10.8. The number of imidazole rings is 5. The van der Waals surface area contributed by atoms with E-state index in [0.717, 1.165) is 145 Å². The van der Waals surface area contributed by atoms with Crippen molar-refractivity contribution < 1.29 is 67.9 Å². The van der Waals surface area contributed by atoms with Crippen LogP contribution in [0.2, 0.25) is 5.02 Å². The lowest BCUT2D eigenvalue weighted by Gasteiger charge is -2.25. The van der Waals surface area contributed by atoms with E-state index in [0.29, 0.717) is 127 Å². The lowest BCUT2D eigenvalue weighted by Crippen LogP contribution is -2.36. The Bertz CT molecular complexity index is 7150. The van der Waals surface area contributed by atoms with E-state index in [1.807, 2.05) is 103 Å². The molecule has 19 rings (SSSR count). The fourth-order valence-electron chi connectivity index (χ4n) is 17.1. The molecule has 0 bridgehead atoms. The number of nitrogens with zero attached hydrogens (tertiary/aromatic N) is 20. The lowest BCUT2D eigenvalue weighted by atomic mass is 10.1. The van der Waals surface area contributed by atoms with Crippen molar-refractivity contribution in [2.24, 2.45) is 29.6 Å². The molecule has 4 aliphatic rings. The third-order valence-corrected chi connectivity index (χ3v) is 27.2. The van der Waals surface area contributed by atoms with Crippen LogP contribution in [0.25, 0.3) is 55.8 Å². The fourth-order valence-corrected chi connectivity index (χ4v) is 18.0. The van der Waals surface area contributed by atoms with Gasteiger partial charge in [-0.25, -0.2) is 93.7 Å². The molecular weight excluding hydrogens is 2030 g/mol. The number of halogens is 13. The number of aromatic nitrogens is 15. The number of amides is 5. The van der Waals surface area contributed by atoms with Gasteiger partial charge in [0, 0.05) is 130 Å². The number of unbranched alkanes of at least 4 members (excludes halogenated alkanes) is 3. The maximum Gasteiger partial charge on any atom is 0.260 e. The predicted octanol–water partition coefficient (Wildman–Crippen LogP) is 24.0. The van der Waals surface area contributed by atoms with E-state index >= 15 is 0 Å². The summed E-state index contributed by atoms with van der Waals surface area (Å²) in [6.07, 6.45) is 23.8. The number of rotatable bonds is 36. The van der Waals surface area contributed by atoms with Crippen molar-refractivity contribution in [1.29, 1.82) is 0 Å². The van der Waals surface area contributed by atoms with Crippen LogP contribution in [-0.2, 0) is 65.4 Å². The van der Waals surface area contributed by atoms with Crippen LogP contribution >= 0.6 is 43.5 Å². The van der Waals surface area contributed by atoms with Crippen molar-refractivity contribution in [1.82, 2.24) is 97.2 Å². The first-order chi connectivity index (χ1) is 69.8. The Morgan fingerprint density at radius 3 is 1.06 bits per heavy atom. The number of carbonyl (C=O) groups is 5. The number of fused-ring (bicyclic) bond motifs is 5. The maximum atomic E-state index is 14.3. The highest BCUT2D eigenvalue weighted by Gasteiger charge is 2.36. The van der Waals surface area contributed by atoms with Gasteiger partial charge in [-0.2, -0.15) is 0 Å². The first-order valence-corrected chi connectivity index (χ1v) is 51.0. The molecule has 4 aliphatic carbocycles. The zero-order chi connectivity index (χ0) is 103. The van der Waals surface area contributed by atoms with Gasteiger partial charge < -0.3 is 47.3 Å². The van der Waals surface area contributed by atoms with E-state index in [4.69, 9.17) is 21.6 Å². The van der Waals surface area contributed by atoms with Crippen molar-refractivity contribution in [3.8, 4) is 0 Å². The molecule has 5 aromatic carbocycles. The highest BCUT2D eigenvalue weighted by Crippen LogP contribution is 2.38. The molecule has 0 radical (unpaired) electrons. The van der Waals surface area contributed by atoms with E-state index in [-0.39, 0.29) is 77.3 Å². The summed E-state index contributed by atoms with van der Waals surface area (Å²) >= 11 is 12.5. The third kappa shape index (κ3) is 26.3. The number of hydrogen-bond acceptors (Lipinski definition) is 15. The second-order valence-electron chi connectivity index (χ2n) is 37.6. The monoisotopic (exact) mass is 2140 g/mol. The highest BCUT2D eigenvalue weighted by atomic mass is 79.9. The summed E-state index contributed by atoms with van der Waals surface area (Å²) in [5, 5.41) is -0.0521. The molecule has 4 saturated carbocycles. The Balaban J connectivity index is 0.000000136. The number of carbonyl (C=O) groups excluding carboxylic acids is 5. The normalized spacial score (nSPS) is 13.3. The second kappa shape index (κ2) is 48.4. The van der Waals surface area contributed by atoms with Crippen LogP contribution in [0.5, 0.6) is 0 Å². The van der Waals surface area contributed by atoms with Crippen LogP contribution in [0, 0.1) is 94.7 Å². The smallest absolute Gasteiger partial charge is 0.260 e. The van der Waals surface area contributed by atoms with Crippen LogP contribution in [-0.4, -0.2) is 160 Å². The standard InChI is InChI=1S/C23H24F4N4O.C22H25BrN4O.C22H22F4N4O.C21H24ClFN4O.C19H18BrFN4O/c1-2-3-4-10-30(23(32)19-20(26)15(24)11-16(25)21(19)27)13-18-29-17-6-5-9-28-22(17)31(18)12-14-7-8-14;1-3-11-26(22(28)17-9-6-15(2)18(23)12-17)14-20-25-19-5-4-10-24-21(19)27(20)13-16-7-8-16;1-12(2)9-29(22(31)18-19(25)14(23)8-15(24)20(18)26)11-17-28-16-4-3-7-27-21(16)30(17)10-13-5-6-13;1-3-5-12-26(21(28)15-8-9-17(23)16(22)13-15)14-19-25-18-7-6-10-24-20(18)27(19)11-4-2;1-24(19(26)13-6-7-15(21)14(20)9-13)11-17-23-16-3-2-8-22-18(16)25(17)10-12-4-5-12/h5-6,9,11,14H,2-4,7-8,10,12-13H2,1H3;4-6,9-10,12,16H,3,7-8,11,13-14H2,1-2H3;3-4,7-8,12-13H,5-6,9-11H2,1-2H3;6-10,13H,3-5,11-12,14H2,1-2H3;2-3,6-9,12H,4-5,10-11H2,1H3. The molecule has 0 aliphatic heterocycles. The van der Waals surface area contributed by atoms with Crippen LogP contribution in [0.1, 0.15) is 224 Å². The molecule has 5 amide bonds. The van der Waals surface area contributed by atoms with Crippen molar-refractivity contribution in [2.75, 3.05) is 33.2 Å². The molecule has 0 atom stereocenters. The average Bonchev–Trinajstić information content (AvgIpc) is 1.57. The molecule has 0 spiro atoms. The zero-order valence-corrected chi connectivity index (χ0v) is 85.7. The lowest BCUT2D eigenvalue weighted by molar-refractivity contribution is 0.0699. The summed E-state index contributed by atoms with van der Waals surface area (Å²) < 4.78 is 151. The Morgan fingerprint density at radius 1 is 0.366 bits per heavy atom. The van der Waals surface area contributed by atoms with E-state index < -0.39 is 75.3 Å². The summed E-state index contributed by atoms with van der Waals surface area (Å²) in [5.41, 5.74) is 7.98. The van der Waals surface area contributed by atoms with E-state index in [2.05, 4.69) is 106 Å². The van der Waals surface area contributed by atoms with E-state index in [1.54, 1.807) is 65.9 Å². The van der Waals surface area contributed by atoms with Crippen LogP contribution in [0.4, 0.5) is 43.9 Å². The molecule has 15 aromatic rings. The average molecular weight is 2140 g/mol. The minimum absolute atomic E-state index is 0.0422. The Morgan fingerprint density at radius 2 is 0.697 bits per heavy atom. The molecule has 4 fully saturated rings. The Hall–Kier alpha value is -12.9. The zero-order valence-electron chi connectivity index (χ0n) is 81.8. The highest BCUT2D eigenvalue weighted by molar-refractivity contribution is 9.10. The molecule has 38 heteroatoms. The number of hydrogen-bond donors (Lipinski definition) is 0. The Labute approximate surface area is 854 Å². The van der Waals surface area contributed by atoms with Gasteiger partial charge in [-0.15, -0.1) is 0 Å². The second-order valence-corrected chi connectivity index (χ2v) is 39.7. The maximum absolute atomic E-state index is 14.3. The number of aryl methyl sites for hydroxylation is 2. The van der Waals surface area contributed by atoms with Crippen molar-refractivity contribution in [2.45, 2.75) is 210 Å². The number of benzene rings is 5. The quantitative estimate of drug-likeness (QED) is 0.0201. The SMILES string of the molecule is CC(C)CN(Cc1nc2cccnc2n1CC1CC1)C(=O)c1c(F)c(F)cc(F)c1F.CCCCCN(Cc1nc2cccnc2n1CC1CC1)C(=O)c1c(F)c(F)cc(F)c1F.CCCCN(Cc1nc2cccnc2n1CCC)C(=O)c1ccc(F)c(Cl)c1.CCCN(Cc1nc2cccnc2n1CC1CC1)C(=O)c1ccc(C)c(Br)c1.CN(Cc1nc2cccnc2n1CC1CC1)C(=O)c1ccc(F)c(Br)c1. The van der Waals surface area contributed by atoms with Gasteiger partial charge in [-0.05, 0) is 244 Å². The van der Waals surface area contributed by atoms with Gasteiger partial charge in [-0.1, -0.05) is 94.4 Å². The van der Waals surface area contributed by atoms with Gasteiger partial charge in [0.25, 0.3) is 29.5 Å². The van der Waals surface area contributed by atoms with Gasteiger partial charge in [-0.3, -0.25) is 24.0 Å². The third-order valence-electron chi connectivity index (χ3n) is 25.4. The molecule has 762 valence electrons. The van der Waals surface area contributed by atoms with Crippen molar-refractivity contribution in [3.63, 3.8) is 0 Å². The van der Waals surface area contributed by atoms with Gasteiger partial charge in [0.1, 0.15) is 79.5 Å². The minimum atomic E-state index is -1.70. The van der Waals surface area contributed by atoms with Crippen molar-refractivity contribution in [3.05, 3.63) is 293 Å². The summed E-state index contributed by atoms with van der Waals surface area (Å²) in [6.45, 7) is 20.6. The van der Waals surface area contributed by atoms with Gasteiger partial charge in [0.15, 0.2) is 74.8 Å². The molecule has 0 saturated heterocycles. The molecule has 0 N–H and O–H groups in total. The molecular formula is C107H113Br2ClF10N20O5. The van der Waals surface area contributed by atoms with Gasteiger partial charge >= 0.3 is 0 Å². The van der Waals surface area contributed by atoms with E-state index in [9.17, 15) is 67.9 Å². The molecule has 25 nitrogen and oxygen atoms in total. The Kier molecular flexibility index (Phi) is 35.5. The molecule has 0 unspecified atom stereocenters. The molecule has 10 aromatic heterocycles. The van der Waals surface area contributed by atoms with Gasteiger partial charge in [0.05, 0.1) is 42.2 Å². The fraction of sp³-hybridized carbons (Fsp3) is 0.393. The molecule has 145 heavy (non-hydrogen) atoms. The predicted molar refractivity (Wildman–Crippen MR) is 540 cm³/mol. The summed E-state index contributed by atoms with van der Waals surface area (Å²) in [6, 6.07) is 33.0. The minimum Gasteiger partial charge on any atom is -0.334 e. The summed E-state index contributed by atoms with van der Waals surface area (Å²) in [4.78, 5) is 118. The van der Waals surface area contributed by atoms with Crippen molar-refractivity contribution >= 4 is 129 Å². The number of pyridine rings is 5. The van der Waals surface area contributed by atoms with Crippen LogP contribution in [0.3, 0.4) is 0 Å². The van der Waals surface area contributed by atoms with Crippen LogP contribution < -0.4 is 0 Å². The largest absolute Gasteiger partial charge is 0.334 e. The summed E-state index contributed by atoms with van der Waals surface area (Å²) in [7, 11) is 1.73.